The highest BCUT2D eigenvalue weighted by Gasteiger charge is 2.25. The van der Waals surface area contributed by atoms with Gasteiger partial charge in [-0.15, -0.1) is 0 Å². The first kappa shape index (κ1) is 14.1. The van der Waals surface area contributed by atoms with Crippen LogP contribution in [-0.2, 0) is 12.0 Å². The molecule has 0 bridgehead atoms. The summed E-state index contributed by atoms with van der Waals surface area (Å²) in [5, 5.41) is 7.17. The van der Waals surface area contributed by atoms with Gasteiger partial charge in [0.15, 0.2) is 5.82 Å². The molecule has 0 atom stereocenters. The summed E-state index contributed by atoms with van der Waals surface area (Å²) in [7, 11) is 1.89. The quantitative estimate of drug-likeness (QED) is 0.781. The lowest BCUT2D eigenvalue weighted by Crippen LogP contribution is -2.33. The van der Waals surface area contributed by atoms with Gasteiger partial charge < -0.3 is 14.7 Å². The van der Waals surface area contributed by atoms with Crippen LogP contribution in [0.3, 0.4) is 0 Å². The topological polar surface area (TPSA) is 54.2 Å². The number of nitrogens with one attached hydrogen (secondary N) is 1. The second kappa shape index (κ2) is 6.12. The molecule has 5 heteroatoms. The third-order valence-corrected chi connectivity index (χ3v) is 3.17. The molecule has 0 radical (unpaired) electrons. The minimum absolute atomic E-state index is 0.263. The van der Waals surface area contributed by atoms with E-state index in [0.29, 0.717) is 5.89 Å². The normalized spacial score (nSPS) is 12.4. The summed E-state index contributed by atoms with van der Waals surface area (Å²) in [5.74, 6) is 1.43. The van der Waals surface area contributed by atoms with Crippen LogP contribution in [0.5, 0.6) is 0 Å². The van der Waals surface area contributed by atoms with Crippen LogP contribution in [0.15, 0.2) is 4.52 Å². The number of likely N-dealkylation sites (N-methyl/N-ethyl adjacent to an activating group) is 1. The average Bonchev–Trinajstić information content (AvgIpc) is 2.80. The van der Waals surface area contributed by atoms with Crippen molar-refractivity contribution in [3.05, 3.63) is 11.7 Å². The van der Waals surface area contributed by atoms with Crippen molar-refractivity contribution in [2.75, 3.05) is 26.7 Å². The predicted molar refractivity (Wildman–Crippen MR) is 67.9 cm³/mol. The Kier molecular flexibility index (Phi) is 5.08. The molecular weight excluding hydrogens is 216 g/mol. The van der Waals surface area contributed by atoms with Gasteiger partial charge in [-0.2, -0.15) is 4.98 Å². The monoisotopic (exact) mass is 240 g/mol. The summed E-state index contributed by atoms with van der Waals surface area (Å²) in [4.78, 5) is 6.77. The van der Waals surface area contributed by atoms with Crippen molar-refractivity contribution in [1.82, 2.24) is 20.4 Å². The summed E-state index contributed by atoms with van der Waals surface area (Å²) in [6.45, 7) is 11.5. The van der Waals surface area contributed by atoms with Crippen LogP contribution >= 0.6 is 0 Å². The molecule has 98 valence electrons. The standard InChI is InChI=1S/C12H24N4O/c1-6-16(7-2)9-8-10-14-11(17-15-10)12(3,4)13-5/h13H,6-9H2,1-5H3. The highest BCUT2D eigenvalue weighted by atomic mass is 16.5. The molecule has 1 heterocycles. The zero-order valence-corrected chi connectivity index (χ0v) is 11.6. The van der Waals surface area contributed by atoms with Gasteiger partial charge in [0.25, 0.3) is 0 Å². The average molecular weight is 240 g/mol. The van der Waals surface area contributed by atoms with E-state index in [-0.39, 0.29) is 5.54 Å². The van der Waals surface area contributed by atoms with E-state index in [1.54, 1.807) is 0 Å². The van der Waals surface area contributed by atoms with Crippen LogP contribution < -0.4 is 5.32 Å². The van der Waals surface area contributed by atoms with Crippen molar-refractivity contribution in [3.63, 3.8) is 0 Å². The van der Waals surface area contributed by atoms with Crippen LogP contribution in [0.4, 0.5) is 0 Å². The molecule has 0 amide bonds. The van der Waals surface area contributed by atoms with Gasteiger partial charge in [0.1, 0.15) is 0 Å². The number of hydrogen-bond donors (Lipinski definition) is 1. The van der Waals surface area contributed by atoms with E-state index >= 15 is 0 Å². The molecule has 0 aromatic carbocycles. The first-order valence-corrected chi connectivity index (χ1v) is 6.27. The number of nitrogens with zero attached hydrogens (tertiary/aromatic N) is 3. The van der Waals surface area contributed by atoms with Crippen molar-refractivity contribution in [2.45, 2.75) is 39.7 Å². The van der Waals surface area contributed by atoms with E-state index in [0.717, 1.165) is 31.9 Å². The lowest BCUT2D eigenvalue weighted by Gasteiger charge is -2.18. The second-order valence-electron chi connectivity index (χ2n) is 4.67. The number of hydrogen-bond acceptors (Lipinski definition) is 5. The van der Waals surface area contributed by atoms with Gasteiger partial charge in [-0.25, -0.2) is 0 Å². The molecule has 1 rings (SSSR count). The summed E-state index contributed by atoms with van der Waals surface area (Å²) in [5.41, 5.74) is -0.263. The first-order chi connectivity index (χ1) is 8.03. The zero-order chi connectivity index (χ0) is 12.9. The van der Waals surface area contributed by atoms with Crippen molar-refractivity contribution in [3.8, 4) is 0 Å². The predicted octanol–water partition coefficient (Wildman–Crippen LogP) is 1.41. The van der Waals surface area contributed by atoms with Crippen LogP contribution in [0.1, 0.15) is 39.4 Å². The van der Waals surface area contributed by atoms with E-state index in [1.807, 2.05) is 20.9 Å². The summed E-state index contributed by atoms with van der Waals surface area (Å²) >= 11 is 0. The van der Waals surface area contributed by atoms with Gasteiger partial charge in [0.05, 0.1) is 5.54 Å². The van der Waals surface area contributed by atoms with Gasteiger partial charge >= 0.3 is 0 Å². The Morgan fingerprint density at radius 3 is 2.47 bits per heavy atom. The SMILES string of the molecule is CCN(CC)CCc1noc(C(C)(C)NC)n1. The Morgan fingerprint density at radius 1 is 1.29 bits per heavy atom. The highest BCUT2D eigenvalue weighted by Crippen LogP contribution is 2.16. The second-order valence-corrected chi connectivity index (χ2v) is 4.67. The Hall–Kier alpha value is -0.940. The number of rotatable bonds is 7. The van der Waals surface area contributed by atoms with Crippen molar-refractivity contribution < 1.29 is 4.52 Å². The molecule has 0 saturated heterocycles. The van der Waals surface area contributed by atoms with Gasteiger partial charge in [-0.3, -0.25) is 0 Å². The van der Waals surface area contributed by atoms with Crippen LogP contribution in [0.2, 0.25) is 0 Å². The van der Waals surface area contributed by atoms with Crippen LogP contribution in [0, 0.1) is 0 Å². The molecule has 5 nitrogen and oxygen atoms in total. The Labute approximate surface area is 104 Å². The lowest BCUT2D eigenvalue weighted by molar-refractivity contribution is 0.277. The Balaban J connectivity index is 2.57. The molecule has 0 fully saturated rings. The molecule has 0 unspecified atom stereocenters. The molecule has 1 N–H and O–H groups in total. The Morgan fingerprint density at radius 2 is 1.94 bits per heavy atom. The molecule has 1 aromatic heterocycles. The molecule has 17 heavy (non-hydrogen) atoms. The molecule has 0 aliphatic rings. The first-order valence-electron chi connectivity index (χ1n) is 6.27. The molecule has 0 aliphatic carbocycles. The Bertz CT molecular complexity index is 331. The minimum Gasteiger partial charge on any atom is -0.337 e. The maximum absolute atomic E-state index is 5.28. The molecule has 0 aliphatic heterocycles. The van der Waals surface area contributed by atoms with Crippen molar-refractivity contribution >= 4 is 0 Å². The molecule has 1 aromatic rings. The van der Waals surface area contributed by atoms with Crippen molar-refractivity contribution in [2.24, 2.45) is 0 Å². The third kappa shape index (κ3) is 3.78. The fraction of sp³-hybridized carbons (Fsp3) is 0.833. The van der Waals surface area contributed by atoms with E-state index in [9.17, 15) is 0 Å². The zero-order valence-electron chi connectivity index (χ0n) is 11.6. The van der Waals surface area contributed by atoms with E-state index in [4.69, 9.17) is 4.52 Å². The van der Waals surface area contributed by atoms with Gasteiger partial charge in [-0.1, -0.05) is 19.0 Å². The van der Waals surface area contributed by atoms with E-state index in [1.165, 1.54) is 0 Å². The maximum atomic E-state index is 5.28. The summed E-state index contributed by atoms with van der Waals surface area (Å²) in [6, 6.07) is 0. The molecular formula is C12H24N4O. The molecule has 0 spiro atoms. The summed E-state index contributed by atoms with van der Waals surface area (Å²) < 4.78 is 5.28. The highest BCUT2D eigenvalue weighted by molar-refractivity contribution is 4.98. The minimum atomic E-state index is -0.263. The van der Waals surface area contributed by atoms with Crippen LogP contribution in [-0.4, -0.2) is 41.7 Å². The van der Waals surface area contributed by atoms with E-state index in [2.05, 4.69) is 34.2 Å². The lowest BCUT2D eigenvalue weighted by atomic mass is 10.1. The fourth-order valence-corrected chi connectivity index (χ4v) is 1.51. The molecule has 0 saturated carbocycles. The number of aromatic nitrogens is 2. The smallest absolute Gasteiger partial charge is 0.246 e. The third-order valence-electron chi connectivity index (χ3n) is 3.17. The fourth-order valence-electron chi connectivity index (χ4n) is 1.51. The van der Waals surface area contributed by atoms with Crippen molar-refractivity contribution in [1.29, 1.82) is 0 Å². The summed E-state index contributed by atoms with van der Waals surface area (Å²) in [6.07, 6.45) is 0.838. The van der Waals surface area contributed by atoms with Gasteiger partial charge in [0, 0.05) is 13.0 Å². The van der Waals surface area contributed by atoms with Crippen LogP contribution in [0.25, 0.3) is 0 Å². The van der Waals surface area contributed by atoms with Gasteiger partial charge in [-0.05, 0) is 34.0 Å². The van der Waals surface area contributed by atoms with Gasteiger partial charge in [0.2, 0.25) is 5.89 Å². The van der Waals surface area contributed by atoms with E-state index < -0.39 is 0 Å². The maximum Gasteiger partial charge on any atom is 0.246 e. The largest absolute Gasteiger partial charge is 0.337 e.